The minimum Gasteiger partial charge on any atom is -0.406 e. The van der Waals surface area contributed by atoms with Crippen LogP contribution in [0.5, 0.6) is 5.75 Å². The van der Waals surface area contributed by atoms with Crippen LogP contribution in [0.2, 0.25) is 10.0 Å². The summed E-state index contributed by atoms with van der Waals surface area (Å²) in [6, 6.07) is 8.13. The highest BCUT2D eigenvalue weighted by atomic mass is 35.5. The van der Waals surface area contributed by atoms with Gasteiger partial charge in [-0.3, -0.25) is 19.0 Å². The number of amides is 3. The highest BCUT2D eigenvalue weighted by Crippen LogP contribution is 2.53. The molecule has 0 bridgehead atoms. The Kier molecular flexibility index (Phi) is 6.74. The number of benzene rings is 2. The van der Waals surface area contributed by atoms with E-state index in [4.69, 9.17) is 23.2 Å². The molecule has 1 saturated heterocycles. The van der Waals surface area contributed by atoms with E-state index >= 15 is 0 Å². The molecule has 3 aliphatic rings. The van der Waals surface area contributed by atoms with E-state index in [-0.39, 0.29) is 57.7 Å². The smallest absolute Gasteiger partial charge is 0.406 e. The van der Waals surface area contributed by atoms with Crippen molar-refractivity contribution in [2.75, 3.05) is 24.5 Å². The average Bonchev–Trinajstić information content (AvgIpc) is 3.75. The second-order valence-corrected chi connectivity index (χ2v) is 11.6. The van der Waals surface area contributed by atoms with Crippen molar-refractivity contribution in [3.05, 3.63) is 75.3 Å². The molecule has 18 heteroatoms. The van der Waals surface area contributed by atoms with E-state index in [1.54, 1.807) is 4.90 Å². The Hall–Kier alpha value is -4.70. The fraction of sp³-hybridized carbons (Fsp3) is 0.296. The molecule has 1 spiro atoms. The topological polar surface area (TPSA) is 151 Å². The fourth-order valence-electron chi connectivity index (χ4n) is 6.15. The lowest BCUT2D eigenvalue weighted by Gasteiger charge is -2.41. The molecule has 232 valence electrons. The molecule has 2 aromatic heterocycles. The monoisotopic (exact) mass is 661 g/mol. The molecule has 1 aliphatic carbocycles. The summed E-state index contributed by atoms with van der Waals surface area (Å²) < 4.78 is 44.7. The molecular formula is C27H20Cl2F3N9O4. The van der Waals surface area contributed by atoms with Gasteiger partial charge in [-0.05, 0) is 47.9 Å². The van der Waals surface area contributed by atoms with Crippen LogP contribution in [0.4, 0.5) is 24.8 Å². The summed E-state index contributed by atoms with van der Waals surface area (Å²) in [4.78, 5) is 47.9. The van der Waals surface area contributed by atoms with Gasteiger partial charge in [-0.1, -0.05) is 34.5 Å². The first-order chi connectivity index (χ1) is 21.4. The van der Waals surface area contributed by atoms with Crippen LogP contribution in [0.1, 0.15) is 39.8 Å². The molecule has 2 aliphatic heterocycles. The summed E-state index contributed by atoms with van der Waals surface area (Å²) in [7, 11) is 0. The number of rotatable bonds is 6. The Morgan fingerprint density at radius 2 is 1.93 bits per heavy atom. The van der Waals surface area contributed by atoms with Crippen LogP contribution in [0.3, 0.4) is 0 Å². The van der Waals surface area contributed by atoms with Gasteiger partial charge in [0.1, 0.15) is 11.4 Å². The van der Waals surface area contributed by atoms with Crippen molar-refractivity contribution in [3.8, 4) is 5.75 Å². The van der Waals surface area contributed by atoms with E-state index in [0.29, 0.717) is 30.9 Å². The molecule has 0 saturated carbocycles. The van der Waals surface area contributed by atoms with Crippen molar-refractivity contribution in [2.45, 2.75) is 30.7 Å². The first kappa shape index (κ1) is 29.0. The van der Waals surface area contributed by atoms with Gasteiger partial charge in [-0.15, -0.1) is 23.4 Å². The number of aromatic amines is 1. The summed E-state index contributed by atoms with van der Waals surface area (Å²) in [5.74, 6) is -1.76. The molecular weight excluding hydrogens is 642 g/mol. The number of hydrogen-bond acceptors (Lipinski definition) is 8. The van der Waals surface area contributed by atoms with E-state index in [0.717, 1.165) is 12.1 Å². The summed E-state index contributed by atoms with van der Waals surface area (Å²) in [5, 5.41) is 16.9. The van der Waals surface area contributed by atoms with Crippen molar-refractivity contribution < 1.29 is 32.3 Å². The zero-order valence-electron chi connectivity index (χ0n) is 22.8. The third kappa shape index (κ3) is 4.84. The molecule has 2 atom stereocenters. The third-order valence-electron chi connectivity index (χ3n) is 8.09. The van der Waals surface area contributed by atoms with E-state index in [2.05, 4.69) is 35.7 Å². The second-order valence-electron chi connectivity index (χ2n) is 10.7. The number of imidazole rings is 1. The lowest BCUT2D eigenvalue weighted by atomic mass is 9.69. The van der Waals surface area contributed by atoms with Crippen molar-refractivity contribution in [1.29, 1.82) is 0 Å². The quantitative estimate of drug-likeness (QED) is 0.319. The number of halogens is 5. The first-order valence-electron chi connectivity index (χ1n) is 13.5. The molecule has 0 unspecified atom stereocenters. The van der Waals surface area contributed by atoms with Crippen molar-refractivity contribution in [1.82, 2.24) is 40.4 Å². The van der Waals surface area contributed by atoms with E-state index in [9.17, 15) is 27.6 Å². The molecule has 0 radical (unpaired) electrons. The molecule has 1 fully saturated rings. The van der Waals surface area contributed by atoms with E-state index in [1.807, 2.05) is 0 Å². The first-order valence-corrected chi connectivity index (χ1v) is 14.3. The Morgan fingerprint density at radius 1 is 1.16 bits per heavy atom. The lowest BCUT2D eigenvalue weighted by Crippen LogP contribution is -2.52. The normalized spacial score (nSPS) is 20.3. The van der Waals surface area contributed by atoms with Gasteiger partial charge in [-0.25, -0.2) is 9.88 Å². The average molecular weight is 662 g/mol. The number of anilines is 2. The standard InChI is InChI=1S/C27H20Cl2F3N9O4/c28-15-5-16(29)7-17(6-15)40-24(44)26(9-13-1-2-18(8-19(13)26)45-27(30,31)32)41-20(10-34-25(40)41)23(43)33-11-21(42)39-4-3-14(12-39)22-35-37-38-36-22/h1-2,5-8,10,14H,3-4,9,11-12H2,(H,33,43)(H,35,36,37,38)/t14-,26+/m1/s1. The minimum atomic E-state index is -4.97. The number of nitrogens with zero attached hydrogens (tertiary/aromatic N) is 7. The Bertz CT molecular complexity index is 1850. The predicted octanol–water partition coefficient (Wildman–Crippen LogP) is 3.33. The van der Waals surface area contributed by atoms with Crippen molar-refractivity contribution in [2.24, 2.45) is 0 Å². The number of carbonyl (C=O) groups is 3. The van der Waals surface area contributed by atoms with E-state index < -0.39 is 29.5 Å². The molecule has 7 rings (SSSR count). The molecule has 4 aromatic rings. The van der Waals surface area contributed by atoms with Crippen LogP contribution >= 0.6 is 23.2 Å². The maximum Gasteiger partial charge on any atom is 0.573 e. The molecule has 2 aromatic carbocycles. The molecule has 3 amide bonds. The third-order valence-corrected chi connectivity index (χ3v) is 8.53. The van der Waals surface area contributed by atoms with Gasteiger partial charge in [0.25, 0.3) is 11.8 Å². The van der Waals surface area contributed by atoms with Gasteiger partial charge < -0.3 is 15.0 Å². The SMILES string of the molecule is O=C(NCC(=O)N1CC[C@@H](c2nn[nH]n2)C1)c1cnc2n1[C@]1(Cc3ccc(OC(F)(F)F)cc31)C(=O)N2c1cc(Cl)cc(Cl)c1. The van der Waals surface area contributed by atoms with Gasteiger partial charge in [-0.2, -0.15) is 5.21 Å². The number of aromatic nitrogens is 6. The molecule has 13 nitrogen and oxygen atoms in total. The maximum absolute atomic E-state index is 14.3. The molecule has 4 heterocycles. The highest BCUT2D eigenvalue weighted by molar-refractivity contribution is 6.35. The zero-order valence-corrected chi connectivity index (χ0v) is 24.3. The van der Waals surface area contributed by atoms with Crippen LogP contribution in [0, 0.1) is 0 Å². The number of fused-ring (bicyclic) bond motifs is 4. The number of carbonyl (C=O) groups excluding carboxylic acids is 3. The van der Waals surface area contributed by atoms with Crippen molar-refractivity contribution in [3.63, 3.8) is 0 Å². The number of nitrogens with one attached hydrogen (secondary N) is 2. The zero-order chi connectivity index (χ0) is 31.7. The minimum absolute atomic E-state index is 0.0186. The largest absolute Gasteiger partial charge is 0.573 e. The van der Waals surface area contributed by atoms with Crippen LogP contribution in [0.25, 0.3) is 0 Å². The number of alkyl halides is 3. The Balaban J connectivity index is 1.21. The fourth-order valence-corrected chi connectivity index (χ4v) is 6.67. The van der Waals surface area contributed by atoms with Crippen LogP contribution in [0.15, 0.2) is 42.6 Å². The molecule has 45 heavy (non-hydrogen) atoms. The number of ether oxygens (including phenoxy) is 1. The maximum atomic E-state index is 14.3. The van der Waals surface area contributed by atoms with Gasteiger partial charge in [0.05, 0.1) is 18.4 Å². The summed E-state index contributed by atoms with van der Waals surface area (Å²) in [6.07, 6.45) is -3.05. The van der Waals surface area contributed by atoms with Gasteiger partial charge in [0.15, 0.2) is 11.4 Å². The summed E-state index contributed by atoms with van der Waals surface area (Å²) >= 11 is 12.4. The number of hydrogen-bond donors (Lipinski definition) is 2. The Labute approximate surface area is 261 Å². The number of H-pyrrole nitrogens is 1. The highest BCUT2D eigenvalue weighted by Gasteiger charge is 2.60. The Morgan fingerprint density at radius 3 is 2.64 bits per heavy atom. The van der Waals surface area contributed by atoms with Crippen LogP contribution < -0.4 is 15.0 Å². The van der Waals surface area contributed by atoms with Crippen LogP contribution in [-0.4, -0.2) is 78.8 Å². The van der Waals surface area contributed by atoms with Gasteiger partial charge in [0.2, 0.25) is 11.9 Å². The second kappa shape index (κ2) is 10.4. The van der Waals surface area contributed by atoms with Gasteiger partial charge >= 0.3 is 6.36 Å². The number of likely N-dealkylation sites (tertiary alicyclic amines) is 1. The predicted molar refractivity (Wildman–Crippen MR) is 150 cm³/mol. The number of tetrazole rings is 1. The van der Waals surface area contributed by atoms with Crippen molar-refractivity contribution >= 4 is 52.6 Å². The lowest BCUT2D eigenvalue weighted by molar-refractivity contribution is -0.274. The summed E-state index contributed by atoms with van der Waals surface area (Å²) in [5.41, 5.74) is -0.691. The van der Waals surface area contributed by atoms with Crippen LogP contribution in [-0.2, 0) is 21.5 Å². The molecule has 2 N–H and O–H groups in total. The van der Waals surface area contributed by atoms with E-state index in [1.165, 1.54) is 39.9 Å². The summed E-state index contributed by atoms with van der Waals surface area (Å²) in [6.45, 7) is 0.432. The van der Waals surface area contributed by atoms with Gasteiger partial charge in [0, 0.05) is 35.5 Å².